The third-order valence-electron chi connectivity index (χ3n) is 12.6. The Morgan fingerprint density at radius 1 is 0.259 bits per heavy atom. The minimum absolute atomic E-state index is 0.121. The summed E-state index contributed by atoms with van der Waals surface area (Å²) >= 11 is 0. The Labute approximate surface area is 497 Å². The van der Waals surface area contributed by atoms with Gasteiger partial charge in [-0.25, -0.2) is 0 Å². The van der Waals surface area contributed by atoms with E-state index in [0.29, 0.717) is 19.3 Å². The van der Waals surface area contributed by atoms with Crippen molar-refractivity contribution in [3.8, 4) is 0 Å². The molecule has 1 unspecified atom stereocenters. The topological polar surface area (TPSA) is 78.9 Å². The lowest BCUT2D eigenvalue weighted by Crippen LogP contribution is -2.30. The second-order valence-electron chi connectivity index (χ2n) is 20.2. The SMILES string of the molecule is CC/C=C\C/C=C\C/C=C\C/C=C\C/C=C\C/C=C\C/C=C\C/C=C\C/C=C\CCCCCC(=O)OCC(COC(=O)CCCCCCCCCCC)OC(=O)CCC/C=C\C/C=C\C/C=C\C/C=C\C/C=C\C/C=C\C/C=C\CC. The molecule has 0 amide bonds. The van der Waals surface area contributed by atoms with E-state index in [1.165, 1.54) is 38.5 Å². The van der Waals surface area contributed by atoms with E-state index in [9.17, 15) is 14.4 Å². The second kappa shape index (κ2) is 66.8. The quantitative estimate of drug-likeness (QED) is 0.0261. The van der Waals surface area contributed by atoms with Gasteiger partial charge in [0.2, 0.25) is 0 Å². The number of carbonyl (C=O) groups excluding carboxylic acids is 3. The van der Waals surface area contributed by atoms with Crippen LogP contribution >= 0.6 is 0 Å². The first-order valence-corrected chi connectivity index (χ1v) is 31.9. The van der Waals surface area contributed by atoms with E-state index in [2.05, 4.69) is 215 Å². The van der Waals surface area contributed by atoms with Crippen LogP contribution in [-0.2, 0) is 28.6 Å². The Bertz CT molecular complexity index is 1950. The molecule has 0 fully saturated rings. The highest BCUT2D eigenvalue weighted by molar-refractivity contribution is 5.71. The number of ether oxygens (including phenoxy) is 3. The molecule has 0 saturated heterocycles. The van der Waals surface area contributed by atoms with Gasteiger partial charge in [0, 0.05) is 19.3 Å². The highest BCUT2D eigenvalue weighted by atomic mass is 16.6. The maximum absolute atomic E-state index is 12.9. The summed E-state index contributed by atoms with van der Waals surface area (Å²) < 4.78 is 16.8. The van der Waals surface area contributed by atoms with E-state index in [4.69, 9.17) is 14.2 Å². The zero-order valence-electron chi connectivity index (χ0n) is 51.5. The summed E-state index contributed by atoms with van der Waals surface area (Å²) in [5.74, 6) is -1.03. The van der Waals surface area contributed by atoms with Crippen LogP contribution in [0.4, 0.5) is 0 Å². The van der Waals surface area contributed by atoms with Crippen LogP contribution in [-0.4, -0.2) is 37.2 Å². The Balaban J connectivity index is 4.43. The van der Waals surface area contributed by atoms with E-state index >= 15 is 0 Å². The van der Waals surface area contributed by atoms with E-state index in [0.717, 1.165) is 154 Å². The van der Waals surface area contributed by atoms with Gasteiger partial charge in [0.25, 0.3) is 0 Å². The normalized spacial score (nSPS) is 13.5. The zero-order chi connectivity index (χ0) is 58.5. The summed E-state index contributed by atoms with van der Waals surface area (Å²) in [6.45, 7) is 6.30. The van der Waals surface area contributed by atoms with Crippen molar-refractivity contribution < 1.29 is 28.6 Å². The van der Waals surface area contributed by atoms with Gasteiger partial charge in [0.1, 0.15) is 13.2 Å². The van der Waals surface area contributed by atoms with Crippen LogP contribution < -0.4 is 0 Å². The summed E-state index contributed by atoms with van der Waals surface area (Å²) in [6.07, 6.45) is 102. The Kier molecular flexibility index (Phi) is 62.0. The fourth-order valence-corrected chi connectivity index (χ4v) is 7.89. The number of allylic oxidation sites excluding steroid dienone is 32. The van der Waals surface area contributed by atoms with Crippen molar-refractivity contribution in [2.75, 3.05) is 13.2 Å². The molecule has 0 aliphatic carbocycles. The predicted molar refractivity (Wildman–Crippen MR) is 352 cm³/mol. The summed E-state index contributed by atoms with van der Waals surface area (Å²) in [7, 11) is 0. The summed E-state index contributed by atoms with van der Waals surface area (Å²) in [5.41, 5.74) is 0. The molecule has 0 radical (unpaired) electrons. The van der Waals surface area contributed by atoms with Gasteiger partial charge in [-0.1, -0.05) is 273 Å². The van der Waals surface area contributed by atoms with Crippen LogP contribution in [0.3, 0.4) is 0 Å². The molecule has 0 aromatic rings. The van der Waals surface area contributed by atoms with Crippen molar-refractivity contribution in [1.29, 1.82) is 0 Å². The molecule has 0 spiro atoms. The molecule has 6 heteroatoms. The van der Waals surface area contributed by atoms with Crippen LogP contribution in [0.1, 0.15) is 239 Å². The average Bonchev–Trinajstić information content (AvgIpc) is 3.47. The van der Waals surface area contributed by atoms with Crippen LogP contribution in [0.25, 0.3) is 0 Å². The van der Waals surface area contributed by atoms with Crippen molar-refractivity contribution >= 4 is 17.9 Å². The Morgan fingerprint density at radius 2 is 0.494 bits per heavy atom. The molecule has 81 heavy (non-hydrogen) atoms. The lowest BCUT2D eigenvalue weighted by Gasteiger charge is -2.18. The molecule has 0 aliphatic rings. The molecule has 0 saturated carbocycles. The van der Waals surface area contributed by atoms with Crippen molar-refractivity contribution in [2.45, 2.75) is 245 Å². The van der Waals surface area contributed by atoms with E-state index in [1.54, 1.807) is 0 Å². The zero-order valence-corrected chi connectivity index (χ0v) is 51.5. The van der Waals surface area contributed by atoms with Gasteiger partial charge in [-0.3, -0.25) is 14.4 Å². The number of hydrogen-bond acceptors (Lipinski definition) is 6. The summed E-state index contributed by atoms with van der Waals surface area (Å²) in [6, 6.07) is 0. The highest BCUT2D eigenvalue weighted by Gasteiger charge is 2.19. The number of hydrogen-bond donors (Lipinski definition) is 0. The lowest BCUT2D eigenvalue weighted by molar-refractivity contribution is -0.167. The molecule has 0 heterocycles. The van der Waals surface area contributed by atoms with Crippen molar-refractivity contribution in [2.24, 2.45) is 0 Å². The third kappa shape index (κ3) is 64.9. The molecule has 0 aromatic carbocycles. The Morgan fingerprint density at radius 3 is 0.790 bits per heavy atom. The molecule has 0 aromatic heterocycles. The van der Waals surface area contributed by atoms with Crippen LogP contribution in [0.15, 0.2) is 194 Å². The van der Waals surface area contributed by atoms with E-state index < -0.39 is 6.10 Å². The van der Waals surface area contributed by atoms with Gasteiger partial charge >= 0.3 is 17.9 Å². The van der Waals surface area contributed by atoms with Gasteiger partial charge in [-0.05, 0) is 141 Å². The smallest absolute Gasteiger partial charge is 0.306 e. The number of esters is 3. The average molecular weight is 1110 g/mol. The predicted octanol–water partition coefficient (Wildman–Crippen LogP) is 22.2. The maximum Gasteiger partial charge on any atom is 0.306 e. The monoisotopic (exact) mass is 1110 g/mol. The first-order chi connectivity index (χ1) is 40.0. The largest absolute Gasteiger partial charge is 0.462 e. The second-order valence-corrected chi connectivity index (χ2v) is 20.2. The molecule has 0 rings (SSSR count). The molecule has 6 nitrogen and oxygen atoms in total. The van der Waals surface area contributed by atoms with Crippen molar-refractivity contribution in [3.05, 3.63) is 194 Å². The summed E-state index contributed by atoms with van der Waals surface area (Å²) in [4.78, 5) is 38.2. The van der Waals surface area contributed by atoms with E-state index in [1.807, 2.05) is 0 Å². The van der Waals surface area contributed by atoms with Crippen LogP contribution in [0, 0.1) is 0 Å². The van der Waals surface area contributed by atoms with Gasteiger partial charge in [-0.2, -0.15) is 0 Å². The van der Waals surface area contributed by atoms with Gasteiger partial charge in [0.15, 0.2) is 6.10 Å². The molecule has 0 bridgehead atoms. The van der Waals surface area contributed by atoms with Crippen LogP contribution in [0.2, 0.25) is 0 Å². The van der Waals surface area contributed by atoms with Gasteiger partial charge < -0.3 is 14.2 Å². The number of unbranched alkanes of at least 4 members (excludes halogenated alkanes) is 12. The molecule has 0 N–H and O–H groups in total. The minimum atomic E-state index is -0.833. The minimum Gasteiger partial charge on any atom is -0.462 e. The molecular weight excluding hydrogens is 997 g/mol. The molecular formula is C75H114O6. The highest BCUT2D eigenvalue weighted by Crippen LogP contribution is 2.13. The molecule has 1 atom stereocenters. The third-order valence-corrected chi connectivity index (χ3v) is 12.6. The first-order valence-electron chi connectivity index (χ1n) is 31.9. The number of rotatable bonds is 55. The first kappa shape index (κ1) is 75.2. The van der Waals surface area contributed by atoms with Crippen molar-refractivity contribution in [3.63, 3.8) is 0 Å². The fraction of sp³-hybridized carbons (Fsp3) is 0.533. The Hall–Kier alpha value is -5.75. The maximum atomic E-state index is 12.9. The molecule has 0 aliphatic heterocycles. The lowest BCUT2D eigenvalue weighted by atomic mass is 10.1. The van der Waals surface area contributed by atoms with Gasteiger partial charge in [-0.15, -0.1) is 0 Å². The number of carbonyl (C=O) groups is 3. The van der Waals surface area contributed by atoms with Crippen molar-refractivity contribution in [1.82, 2.24) is 0 Å². The van der Waals surface area contributed by atoms with Gasteiger partial charge in [0.05, 0.1) is 0 Å². The van der Waals surface area contributed by atoms with Crippen LogP contribution in [0.5, 0.6) is 0 Å². The molecule has 450 valence electrons. The van der Waals surface area contributed by atoms with E-state index in [-0.39, 0.29) is 37.5 Å². The summed E-state index contributed by atoms with van der Waals surface area (Å²) in [5, 5.41) is 0. The standard InChI is InChI=1S/C75H114O6/c1-4-7-10-13-16-19-21-23-25-27-29-31-33-34-35-36-37-38-39-40-42-43-45-47-49-51-53-56-59-62-65-68-74(77)80-71-72(70-79-73(76)67-64-61-58-55-18-15-12-9-6-3)81-75(78)69-66-63-60-57-54-52-50-48-46-44-41-32-30-28-26-24-22-20-17-14-11-8-5-2/h7-8,10-11,16-17,19-20,23-26,29-32,34-35,37-38,40,42,44-47,50-53,57,60,72H,4-6,9,12-15,18,21-22,27-28,33,36,39,41,43,48-49,54-56,58-59,61-71H2,1-3H3/b10-7-,11-8-,19-16-,20-17-,25-23-,26-24-,31-29-,32-30-,35-34-,38-37-,42-40-,46-44-,47-45-,52-50-,53-51-,60-57-. The fourth-order valence-electron chi connectivity index (χ4n) is 7.89.